The predicted molar refractivity (Wildman–Crippen MR) is 119 cm³/mol. The SMILES string of the molecule is NC(=O)C(c1ccc2c(c1)OCO2)N1CCC(NCC(O)C2COc3ccccc3O2)CC1. The third-order valence-corrected chi connectivity index (χ3v) is 6.45. The van der Waals surface area contributed by atoms with Crippen LogP contribution in [0.4, 0.5) is 0 Å². The van der Waals surface area contributed by atoms with Crippen molar-refractivity contribution < 1.29 is 28.8 Å². The van der Waals surface area contributed by atoms with Gasteiger partial charge in [0.25, 0.3) is 0 Å². The fourth-order valence-corrected chi connectivity index (χ4v) is 4.64. The third kappa shape index (κ3) is 4.71. The molecule has 0 radical (unpaired) electrons. The molecule has 33 heavy (non-hydrogen) atoms. The standard InChI is InChI=1S/C24H29N3O6/c25-24(29)23(15-5-6-19-21(11-15)32-14-31-19)27-9-7-16(8-10-27)26-12-17(28)22-13-30-18-3-1-2-4-20(18)33-22/h1-6,11,16-17,22-23,26,28H,7-10,12-14H2,(H2,25,29). The molecule has 0 spiro atoms. The van der Waals surface area contributed by atoms with Crippen molar-refractivity contribution in [3.63, 3.8) is 0 Å². The molecule has 0 bridgehead atoms. The number of carbonyl (C=O) groups is 1. The number of nitrogens with one attached hydrogen (secondary N) is 1. The number of aliphatic hydroxyl groups excluding tert-OH is 1. The number of carbonyl (C=O) groups excluding carboxylic acids is 1. The van der Waals surface area contributed by atoms with Crippen molar-refractivity contribution in [1.82, 2.24) is 10.2 Å². The van der Waals surface area contributed by atoms with E-state index in [9.17, 15) is 9.90 Å². The Balaban J connectivity index is 1.13. The molecule has 1 fully saturated rings. The number of hydrogen-bond donors (Lipinski definition) is 3. The number of fused-ring (bicyclic) bond motifs is 2. The highest BCUT2D eigenvalue weighted by atomic mass is 16.7. The lowest BCUT2D eigenvalue weighted by Crippen LogP contribution is -2.50. The molecule has 5 rings (SSSR count). The number of nitrogens with two attached hydrogens (primary N) is 1. The van der Waals surface area contributed by atoms with Crippen LogP contribution in [0.15, 0.2) is 42.5 Å². The normalized spacial score (nSPS) is 22.0. The first kappa shape index (κ1) is 21.8. The van der Waals surface area contributed by atoms with Crippen LogP contribution >= 0.6 is 0 Å². The summed E-state index contributed by atoms with van der Waals surface area (Å²) in [6.07, 6.45) is 0.568. The number of likely N-dealkylation sites (tertiary alicyclic amines) is 1. The average Bonchev–Trinajstić information content (AvgIpc) is 3.31. The molecule has 0 saturated carbocycles. The largest absolute Gasteiger partial charge is 0.486 e. The van der Waals surface area contributed by atoms with Crippen LogP contribution in [-0.2, 0) is 4.79 Å². The Morgan fingerprint density at radius 1 is 1.06 bits per heavy atom. The van der Waals surface area contributed by atoms with Gasteiger partial charge >= 0.3 is 0 Å². The van der Waals surface area contributed by atoms with Crippen LogP contribution in [-0.4, -0.2) is 67.2 Å². The maximum atomic E-state index is 12.3. The van der Waals surface area contributed by atoms with Crippen molar-refractivity contribution >= 4 is 5.91 Å². The molecule has 2 aromatic rings. The van der Waals surface area contributed by atoms with E-state index in [2.05, 4.69) is 10.2 Å². The number of primary amides is 1. The molecule has 176 valence electrons. The highest BCUT2D eigenvalue weighted by Crippen LogP contribution is 2.36. The van der Waals surface area contributed by atoms with Gasteiger partial charge in [-0.2, -0.15) is 0 Å². The molecule has 0 aromatic heterocycles. The van der Waals surface area contributed by atoms with E-state index < -0.39 is 18.2 Å². The number of aliphatic hydroxyl groups is 1. The Morgan fingerprint density at radius 3 is 2.58 bits per heavy atom. The second-order valence-corrected chi connectivity index (χ2v) is 8.62. The topological polar surface area (TPSA) is 116 Å². The molecular weight excluding hydrogens is 426 g/mol. The molecule has 9 nitrogen and oxygen atoms in total. The van der Waals surface area contributed by atoms with Crippen LogP contribution in [0.2, 0.25) is 0 Å². The summed E-state index contributed by atoms with van der Waals surface area (Å²) < 4.78 is 22.4. The number of hydrogen-bond acceptors (Lipinski definition) is 8. The van der Waals surface area contributed by atoms with Gasteiger partial charge in [-0.3, -0.25) is 9.69 Å². The molecule has 1 amide bonds. The summed E-state index contributed by atoms with van der Waals surface area (Å²) in [5.41, 5.74) is 6.58. The minimum Gasteiger partial charge on any atom is -0.486 e. The summed E-state index contributed by atoms with van der Waals surface area (Å²) in [7, 11) is 0. The summed E-state index contributed by atoms with van der Waals surface area (Å²) in [6.45, 7) is 2.34. The van der Waals surface area contributed by atoms with E-state index in [1.54, 1.807) is 0 Å². The van der Waals surface area contributed by atoms with E-state index in [1.165, 1.54) is 0 Å². The molecule has 3 unspecified atom stereocenters. The quantitative estimate of drug-likeness (QED) is 0.571. The number of rotatable bonds is 7. The van der Waals surface area contributed by atoms with Crippen LogP contribution in [0.5, 0.6) is 23.0 Å². The highest BCUT2D eigenvalue weighted by Gasteiger charge is 2.32. The van der Waals surface area contributed by atoms with Crippen LogP contribution in [0.3, 0.4) is 0 Å². The van der Waals surface area contributed by atoms with E-state index in [1.807, 2.05) is 42.5 Å². The number of para-hydroxylation sites is 2. The van der Waals surface area contributed by atoms with Gasteiger partial charge in [-0.05, 0) is 42.7 Å². The maximum absolute atomic E-state index is 12.3. The molecule has 1 saturated heterocycles. The molecule has 2 aromatic carbocycles. The van der Waals surface area contributed by atoms with Crippen LogP contribution in [0.25, 0.3) is 0 Å². The summed E-state index contributed by atoms with van der Waals surface area (Å²) in [5.74, 6) is 2.29. The van der Waals surface area contributed by atoms with Crippen molar-refractivity contribution in [2.75, 3.05) is 33.0 Å². The number of nitrogens with zero attached hydrogens (tertiary/aromatic N) is 1. The van der Waals surface area contributed by atoms with Crippen LogP contribution in [0, 0.1) is 0 Å². The summed E-state index contributed by atoms with van der Waals surface area (Å²) >= 11 is 0. The Morgan fingerprint density at radius 2 is 1.79 bits per heavy atom. The van der Waals surface area contributed by atoms with Crippen molar-refractivity contribution in [2.24, 2.45) is 5.73 Å². The molecule has 3 aliphatic rings. The Kier molecular flexibility index (Phi) is 6.26. The van der Waals surface area contributed by atoms with Gasteiger partial charge < -0.3 is 35.1 Å². The molecule has 0 aliphatic carbocycles. The number of ether oxygens (including phenoxy) is 4. The van der Waals surface area contributed by atoms with Crippen molar-refractivity contribution in [3.05, 3.63) is 48.0 Å². The number of amides is 1. The Hall–Kier alpha value is -3.01. The summed E-state index contributed by atoms with van der Waals surface area (Å²) in [4.78, 5) is 14.4. The van der Waals surface area contributed by atoms with Crippen molar-refractivity contribution in [3.8, 4) is 23.0 Å². The number of benzene rings is 2. The molecule has 9 heteroatoms. The zero-order chi connectivity index (χ0) is 22.8. The van der Waals surface area contributed by atoms with Gasteiger partial charge in [0.05, 0.1) is 0 Å². The zero-order valence-electron chi connectivity index (χ0n) is 18.3. The smallest absolute Gasteiger partial charge is 0.239 e. The van der Waals surface area contributed by atoms with Crippen LogP contribution < -0.4 is 30.0 Å². The molecule has 4 N–H and O–H groups in total. The molecule has 3 aliphatic heterocycles. The minimum absolute atomic E-state index is 0.188. The van der Waals surface area contributed by atoms with Gasteiger partial charge in [-0.25, -0.2) is 0 Å². The lowest BCUT2D eigenvalue weighted by atomic mass is 9.98. The minimum atomic E-state index is -0.691. The lowest BCUT2D eigenvalue weighted by molar-refractivity contribution is -0.124. The van der Waals surface area contributed by atoms with E-state index in [4.69, 9.17) is 24.7 Å². The van der Waals surface area contributed by atoms with E-state index in [-0.39, 0.29) is 18.7 Å². The first-order valence-corrected chi connectivity index (χ1v) is 11.3. The maximum Gasteiger partial charge on any atom is 0.239 e. The van der Waals surface area contributed by atoms with Gasteiger partial charge in [-0.1, -0.05) is 18.2 Å². The molecule has 3 atom stereocenters. The number of piperidine rings is 1. The average molecular weight is 456 g/mol. The van der Waals surface area contributed by atoms with Crippen molar-refractivity contribution in [1.29, 1.82) is 0 Å². The first-order chi connectivity index (χ1) is 16.1. The molecule has 3 heterocycles. The summed E-state index contributed by atoms with van der Waals surface area (Å²) in [5, 5.41) is 14.0. The van der Waals surface area contributed by atoms with Gasteiger partial charge in [0.15, 0.2) is 29.1 Å². The van der Waals surface area contributed by atoms with Crippen LogP contribution in [0.1, 0.15) is 24.4 Å². The van der Waals surface area contributed by atoms with E-state index in [0.29, 0.717) is 49.2 Å². The second-order valence-electron chi connectivity index (χ2n) is 8.62. The van der Waals surface area contributed by atoms with Crippen molar-refractivity contribution in [2.45, 2.75) is 37.1 Å². The molecular formula is C24H29N3O6. The highest BCUT2D eigenvalue weighted by molar-refractivity contribution is 5.81. The Bertz CT molecular complexity index is 994. The fraction of sp³-hybridized carbons (Fsp3) is 0.458. The van der Waals surface area contributed by atoms with E-state index >= 15 is 0 Å². The van der Waals surface area contributed by atoms with E-state index in [0.717, 1.165) is 18.4 Å². The predicted octanol–water partition coefficient (Wildman–Crippen LogP) is 1.20. The third-order valence-electron chi connectivity index (χ3n) is 6.45. The lowest BCUT2D eigenvalue weighted by Gasteiger charge is -2.37. The van der Waals surface area contributed by atoms with Gasteiger partial charge in [-0.15, -0.1) is 0 Å². The fourth-order valence-electron chi connectivity index (χ4n) is 4.64. The second kappa shape index (κ2) is 9.46. The Labute approximate surface area is 192 Å². The first-order valence-electron chi connectivity index (χ1n) is 11.3. The van der Waals surface area contributed by atoms with Gasteiger partial charge in [0, 0.05) is 25.7 Å². The van der Waals surface area contributed by atoms with Gasteiger partial charge in [0.2, 0.25) is 12.7 Å². The zero-order valence-corrected chi connectivity index (χ0v) is 18.3. The van der Waals surface area contributed by atoms with Gasteiger partial charge in [0.1, 0.15) is 18.8 Å². The monoisotopic (exact) mass is 455 g/mol. The summed E-state index contributed by atoms with van der Waals surface area (Å²) in [6, 6.07) is 12.7.